The number of amides is 3. The molecule has 2 N–H and O–H groups in total. The molecule has 3 aromatic rings. The number of benzene rings is 3. The highest BCUT2D eigenvalue weighted by atomic mass is 35.5. The van der Waals surface area contributed by atoms with Crippen LogP contribution in [0.1, 0.15) is 16.8 Å². The first kappa shape index (κ1) is 20.6. The molecular formula is C23H18ClN3O4. The highest BCUT2D eigenvalue weighted by molar-refractivity contribution is 6.33. The molecule has 1 fully saturated rings. The van der Waals surface area contributed by atoms with Crippen LogP contribution in [0.4, 0.5) is 5.69 Å². The van der Waals surface area contributed by atoms with Gasteiger partial charge in [-0.2, -0.15) is 0 Å². The summed E-state index contributed by atoms with van der Waals surface area (Å²) in [6.07, 6.45) is -0.0795. The normalized spacial score (nSPS) is 15.8. The lowest BCUT2D eigenvalue weighted by atomic mass is 10.2. The summed E-state index contributed by atoms with van der Waals surface area (Å²) in [5.74, 6) is -0.0584. The third kappa shape index (κ3) is 4.58. The Morgan fingerprint density at radius 2 is 1.55 bits per heavy atom. The first-order chi connectivity index (χ1) is 15.0. The molecule has 3 amide bonds. The number of hydrazine groups is 1. The molecule has 4 rings (SSSR count). The van der Waals surface area contributed by atoms with Gasteiger partial charge in [-0.05, 0) is 48.5 Å². The molecule has 31 heavy (non-hydrogen) atoms. The summed E-state index contributed by atoms with van der Waals surface area (Å²) in [6, 6.07) is 21.6. The zero-order valence-electron chi connectivity index (χ0n) is 16.2. The number of carbonyl (C=O) groups excluding carboxylic acids is 3. The van der Waals surface area contributed by atoms with Gasteiger partial charge >= 0.3 is 0 Å². The van der Waals surface area contributed by atoms with Gasteiger partial charge in [0.05, 0.1) is 22.7 Å². The van der Waals surface area contributed by atoms with Gasteiger partial charge in [0.1, 0.15) is 17.5 Å². The number of rotatable bonds is 6. The number of anilines is 1. The van der Waals surface area contributed by atoms with Crippen molar-refractivity contribution in [2.24, 2.45) is 0 Å². The minimum Gasteiger partial charge on any atom is -0.457 e. The summed E-state index contributed by atoms with van der Waals surface area (Å²) in [6.45, 7) is 0. The van der Waals surface area contributed by atoms with E-state index < -0.39 is 17.9 Å². The Morgan fingerprint density at radius 1 is 0.903 bits per heavy atom. The second-order valence-corrected chi connectivity index (χ2v) is 7.22. The topological polar surface area (TPSA) is 87.7 Å². The first-order valence-corrected chi connectivity index (χ1v) is 9.91. The number of carbonyl (C=O) groups is 3. The van der Waals surface area contributed by atoms with Crippen LogP contribution >= 0.6 is 11.6 Å². The fraction of sp³-hybridized carbons (Fsp3) is 0.0870. The van der Waals surface area contributed by atoms with E-state index in [0.29, 0.717) is 17.2 Å². The zero-order valence-corrected chi connectivity index (χ0v) is 17.0. The van der Waals surface area contributed by atoms with E-state index in [2.05, 4.69) is 10.9 Å². The fourth-order valence-electron chi connectivity index (χ4n) is 3.17. The summed E-state index contributed by atoms with van der Waals surface area (Å²) >= 11 is 6.01. The molecule has 0 spiro atoms. The van der Waals surface area contributed by atoms with Crippen LogP contribution in [-0.4, -0.2) is 23.8 Å². The third-order valence-corrected chi connectivity index (χ3v) is 5.03. The average molecular weight is 436 g/mol. The van der Waals surface area contributed by atoms with Gasteiger partial charge in [0.25, 0.3) is 11.8 Å². The molecule has 7 nitrogen and oxygen atoms in total. The van der Waals surface area contributed by atoms with E-state index in [-0.39, 0.29) is 22.9 Å². The molecule has 0 radical (unpaired) electrons. The predicted molar refractivity (Wildman–Crippen MR) is 116 cm³/mol. The Bertz CT molecular complexity index is 1120. The van der Waals surface area contributed by atoms with Gasteiger partial charge < -0.3 is 4.74 Å². The molecule has 0 unspecified atom stereocenters. The summed E-state index contributed by atoms with van der Waals surface area (Å²) < 4.78 is 5.73. The van der Waals surface area contributed by atoms with Gasteiger partial charge in [-0.3, -0.25) is 19.8 Å². The van der Waals surface area contributed by atoms with Crippen molar-refractivity contribution in [3.8, 4) is 11.5 Å². The monoisotopic (exact) mass is 435 g/mol. The minimum atomic E-state index is -0.876. The van der Waals surface area contributed by atoms with Crippen LogP contribution in [0.2, 0.25) is 5.02 Å². The van der Waals surface area contributed by atoms with Crippen molar-refractivity contribution in [3.05, 3.63) is 89.4 Å². The molecule has 156 valence electrons. The molecule has 0 aliphatic carbocycles. The Balaban J connectivity index is 1.40. The van der Waals surface area contributed by atoms with Crippen LogP contribution in [0, 0.1) is 0 Å². The molecule has 0 aromatic heterocycles. The molecule has 1 heterocycles. The van der Waals surface area contributed by atoms with Crippen molar-refractivity contribution in [2.75, 3.05) is 4.90 Å². The van der Waals surface area contributed by atoms with Crippen molar-refractivity contribution < 1.29 is 19.1 Å². The molecule has 8 heteroatoms. The Hall–Kier alpha value is -3.68. The van der Waals surface area contributed by atoms with Crippen LogP contribution in [0.5, 0.6) is 11.5 Å². The molecule has 1 atom stereocenters. The minimum absolute atomic E-state index is 0.0795. The quantitative estimate of drug-likeness (QED) is 0.455. The predicted octanol–water partition coefficient (Wildman–Crippen LogP) is 3.70. The number of imide groups is 1. The maximum absolute atomic E-state index is 12.7. The number of ether oxygens (including phenoxy) is 1. The number of para-hydroxylation sites is 1. The Labute approximate surface area is 183 Å². The van der Waals surface area contributed by atoms with Crippen molar-refractivity contribution in [1.82, 2.24) is 10.9 Å². The Kier molecular flexibility index (Phi) is 5.97. The zero-order chi connectivity index (χ0) is 21.8. The van der Waals surface area contributed by atoms with Crippen LogP contribution in [0.3, 0.4) is 0 Å². The van der Waals surface area contributed by atoms with Gasteiger partial charge in [0.2, 0.25) is 5.91 Å². The standard InChI is InChI=1S/C23H18ClN3O4/c24-19-9-5-4-8-18(19)22(29)26-25-20-14-21(28)27(23(20)30)15-10-12-17(13-11-15)31-16-6-2-1-3-7-16/h1-13,20,25H,14H2,(H,26,29)/t20-/m0/s1. The molecule has 0 saturated carbocycles. The highest BCUT2D eigenvalue weighted by Gasteiger charge is 2.39. The second-order valence-electron chi connectivity index (χ2n) is 6.81. The maximum atomic E-state index is 12.7. The summed E-state index contributed by atoms with van der Waals surface area (Å²) in [5.41, 5.74) is 5.78. The number of halogens is 1. The second kappa shape index (κ2) is 8.99. The number of nitrogens with zero attached hydrogens (tertiary/aromatic N) is 1. The molecule has 3 aromatic carbocycles. The lowest BCUT2D eigenvalue weighted by molar-refractivity contribution is -0.121. The summed E-state index contributed by atoms with van der Waals surface area (Å²) in [4.78, 5) is 38.5. The van der Waals surface area contributed by atoms with Gasteiger partial charge in [-0.15, -0.1) is 0 Å². The van der Waals surface area contributed by atoms with Gasteiger partial charge in [0, 0.05) is 0 Å². The maximum Gasteiger partial charge on any atom is 0.266 e. The van der Waals surface area contributed by atoms with E-state index in [1.165, 1.54) is 0 Å². The highest BCUT2D eigenvalue weighted by Crippen LogP contribution is 2.27. The largest absolute Gasteiger partial charge is 0.457 e. The molecule has 1 saturated heterocycles. The number of nitrogens with one attached hydrogen (secondary N) is 2. The van der Waals surface area contributed by atoms with E-state index >= 15 is 0 Å². The lowest BCUT2D eigenvalue weighted by Crippen LogP contribution is -2.48. The summed E-state index contributed by atoms with van der Waals surface area (Å²) in [7, 11) is 0. The van der Waals surface area contributed by atoms with E-state index in [1.54, 1.807) is 48.5 Å². The molecular weight excluding hydrogens is 418 g/mol. The smallest absolute Gasteiger partial charge is 0.266 e. The SMILES string of the molecule is O=C(NN[C@H]1CC(=O)N(c2ccc(Oc3ccccc3)cc2)C1=O)c1ccccc1Cl. The molecule has 1 aliphatic heterocycles. The molecule has 1 aliphatic rings. The third-order valence-electron chi connectivity index (χ3n) is 4.70. The summed E-state index contributed by atoms with van der Waals surface area (Å²) in [5, 5.41) is 0.287. The first-order valence-electron chi connectivity index (χ1n) is 9.53. The van der Waals surface area contributed by atoms with Crippen molar-refractivity contribution in [2.45, 2.75) is 12.5 Å². The van der Waals surface area contributed by atoms with E-state index in [1.807, 2.05) is 30.3 Å². The van der Waals surface area contributed by atoms with E-state index in [9.17, 15) is 14.4 Å². The van der Waals surface area contributed by atoms with Crippen LogP contribution in [0.25, 0.3) is 0 Å². The van der Waals surface area contributed by atoms with Crippen LogP contribution < -0.4 is 20.5 Å². The van der Waals surface area contributed by atoms with Crippen LogP contribution in [-0.2, 0) is 9.59 Å². The number of hydrogen-bond donors (Lipinski definition) is 2. The van der Waals surface area contributed by atoms with Gasteiger partial charge in [-0.1, -0.05) is 41.9 Å². The Morgan fingerprint density at radius 3 is 2.26 bits per heavy atom. The number of hydrogen-bond acceptors (Lipinski definition) is 5. The van der Waals surface area contributed by atoms with Crippen molar-refractivity contribution in [3.63, 3.8) is 0 Å². The van der Waals surface area contributed by atoms with Crippen molar-refractivity contribution >= 4 is 35.0 Å². The molecule has 0 bridgehead atoms. The van der Waals surface area contributed by atoms with Crippen molar-refractivity contribution in [1.29, 1.82) is 0 Å². The van der Waals surface area contributed by atoms with Gasteiger partial charge in [0.15, 0.2) is 0 Å². The van der Waals surface area contributed by atoms with E-state index in [0.717, 1.165) is 4.90 Å². The lowest BCUT2D eigenvalue weighted by Gasteiger charge is -2.16. The average Bonchev–Trinajstić information content (AvgIpc) is 3.07. The van der Waals surface area contributed by atoms with Crippen LogP contribution in [0.15, 0.2) is 78.9 Å². The van der Waals surface area contributed by atoms with Gasteiger partial charge in [-0.25, -0.2) is 10.3 Å². The van der Waals surface area contributed by atoms with E-state index in [4.69, 9.17) is 16.3 Å². The fourth-order valence-corrected chi connectivity index (χ4v) is 3.39.